The van der Waals surface area contributed by atoms with Crippen LogP contribution in [0.25, 0.3) is 21.9 Å². The van der Waals surface area contributed by atoms with E-state index in [4.69, 9.17) is 4.42 Å². The molecule has 2 heterocycles. The van der Waals surface area contributed by atoms with Crippen LogP contribution in [0.1, 0.15) is 6.92 Å². The number of hydrogen-bond acceptors (Lipinski definition) is 4. The summed E-state index contributed by atoms with van der Waals surface area (Å²) in [6.45, 7) is 6.35. The van der Waals surface area contributed by atoms with Crippen LogP contribution in [-0.4, -0.2) is 58.4 Å². The first-order valence-electron chi connectivity index (χ1n) is 8.95. The number of nitrogens with zero attached hydrogens (tertiary/aromatic N) is 2. The fourth-order valence-electron chi connectivity index (χ4n) is 3.45. The number of para-hydroxylation sites is 1. The van der Waals surface area contributed by atoms with Gasteiger partial charge in [-0.25, -0.2) is 0 Å². The Bertz CT molecular complexity index is 974. The van der Waals surface area contributed by atoms with Gasteiger partial charge < -0.3 is 14.2 Å². The summed E-state index contributed by atoms with van der Waals surface area (Å²) in [6, 6.07) is 13.3. The Balaban J connectivity index is 1.51. The van der Waals surface area contributed by atoms with Crippen molar-refractivity contribution < 1.29 is 13.4 Å². The van der Waals surface area contributed by atoms with Crippen LogP contribution in [-0.2, 0) is 15.6 Å². The van der Waals surface area contributed by atoms with Gasteiger partial charge in [0.1, 0.15) is 16.9 Å². The first-order chi connectivity index (χ1) is 12.7. The number of hydrogen-bond donors (Lipinski definition) is 0. The molecule has 0 spiro atoms. The first-order valence-corrected chi connectivity index (χ1v) is 10.3. The molecule has 0 N–H and O–H groups in total. The second kappa shape index (κ2) is 7.21. The van der Waals surface area contributed by atoms with Gasteiger partial charge in [-0.05, 0) is 30.8 Å². The molecule has 1 fully saturated rings. The summed E-state index contributed by atoms with van der Waals surface area (Å²) in [4.78, 5) is 17.3. The average Bonchev–Trinajstić information content (AvgIpc) is 3.05. The van der Waals surface area contributed by atoms with Gasteiger partial charge in [0.15, 0.2) is 0 Å². The van der Waals surface area contributed by atoms with E-state index in [2.05, 4.69) is 11.8 Å². The lowest BCUT2D eigenvalue weighted by molar-refractivity contribution is -0.130. The molecule has 1 saturated heterocycles. The maximum Gasteiger partial charge on any atom is 0.235 e. The van der Waals surface area contributed by atoms with Gasteiger partial charge in [-0.15, -0.1) is 0 Å². The molecule has 6 heteroatoms. The highest BCUT2D eigenvalue weighted by atomic mass is 32.2. The molecular weight excluding hydrogens is 348 g/mol. The molecule has 4 rings (SSSR count). The van der Waals surface area contributed by atoms with E-state index in [1.54, 1.807) is 6.07 Å². The van der Waals surface area contributed by atoms with E-state index in [0.29, 0.717) is 4.90 Å². The quantitative estimate of drug-likeness (QED) is 0.709. The molecule has 26 heavy (non-hydrogen) atoms. The first kappa shape index (κ1) is 17.2. The van der Waals surface area contributed by atoms with Crippen LogP contribution in [0.5, 0.6) is 0 Å². The molecule has 2 aromatic carbocycles. The zero-order valence-corrected chi connectivity index (χ0v) is 15.6. The number of rotatable bonds is 4. The van der Waals surface area contributed by atoms with Crippen LogP contribution < -0.4 is 0 Å². The summed E-state index contributed by atoms with van der Waals surface area (Å²) in [6.07, 6.45) is 0. The Hall–Kier alpha value is -2.18. The molecule has 1 amide bonds. The third-order valence-electron chi connectivity index (χ3n) is 5.04. The molecule has 3 aromatic rings. The second-order valence-electron chi connectivity index (χ2n) is 6.56. The maximum absolute atomic E-state index is 12.7. The molecule has 136 valence electrons. The van der Waals surface area contributed by atoms with Gasteiger partial charge in [-0.2, -0.15) is 0 Å². The summed E-state index contributed by atoms with van der Waals surface area (Å²) < 4.78 is 18.5. The lowest BCUT2D eigenvalue weighted by atomic mass is 10.1. The summed E-state index contributed by atoms with van der Waals surface area (Å²) in [5, 5.41) is 1.94. The lowest BCUT2D eigenvalue weighted by Crippen LogP contribution is -2.49. The van der Waals surface area contributed by atoms with Crippen molar-refractivity contribution in [3.63, 3.8) is 0 Å². The van der Waals surface area contributed by atoms with E-state index < -0.39 is 10.8 Å². The molecule has 0 saturated carbocycles. The Morgan fingerprint density at radius 3 is 2.54 bits per heavy atom. The van der Waals surface area contributed by atoms with Crippen molar-refractivity contribution >= 4 is 38.6 Å². The van der Waals surface area contributed by atoms with Crippen molar-refractivity contribution in [1.82, 2.24) is 9.80 Å². The van der Waals surface area contributed by atoms with Crippen LogP contribution in [0.4, 0.5) is 0 Å². The number of carbonyl (C=O) groups excluding carboxylic acids is 1. The number of benzene rings is 2. The number of carbonyl (C=O) groups is 1. The highest BCUT2D eigenvalue weighted by molar-refractivity contribution is 7.85. The van der Waals surface area contributed by atoms with Crippen LogP contribution in [0.15, 0.2) is 51.8 Å². The fourth-order valence-corrected chi connectivity index (χ4v) is 4.49. The van der Waals surface area contributed by atoms with Crippen LogP contribution in [0, 0.1) is 0 Å². The zero-order chi connectivity index (χ0) is 18.1. The largest absolute Gasteiger partial charge is 0.456 e. The zero-order valence-electron chi connectivity index (χ0n) is 14.8. The molecule has 1 unspecified atom stereocenters. The van der Waals surface area contributed by atoms with E-state index in [1.807, 2.05) is 41.3 Å². The summed E-state index contributed by atoms with van der Waals surface area (Å²) in [5.74, 6) is 0.00387. The van der Waals surface area contributed by atoms with E-state index in [1.165, 1.54) is 0 Å². The summed E-state index contributed by atoms with van der Waals surface area (Å²) >= 11 is 0. The molecule has 1 aliphatic rings. The Kier molecular flexibility index (Phi) is 4.78. The normalized spacial score (nSPS) is 17.0. The lowest BCUT2D eigenvalue weighted by Gasteiger charge is -2.34. The molecule has 0 radical (unpaired) electrons. The molecule has 1 aromatic heterocycles. The number of amides is 1. The predicted molar refractivity (Wildman–Crippen MR) is 104 cm³/mol. The Morgan fingerprint density at radius 2 is 1.77 bits per heavy atom. The van der Waals surface area contributed by atoms with E-state index in [9.17, 15) is 9.00 Å². The molecular formula is C20H22N2O3S. The van der Waals surface area contributed by atoms with E-state index >= 15 is 0 Å². The van der Waals surface area contributed by atoms with Crippen molar-refractivity contribution in [1.29, 1.82) is 0 Å². The highest BCUT2D eigenvalue weighted by Crippen LogP contribution is 2.30. The maximum atomic E-state index is 12.7. The van der Waals surface area contributed by atoms with Crippen molar-refractivity contribution in [3.8, 4) is 0 Å². The second-order valence-corrected chi connectivity index (χ2v) is 8.01. The number of furan rings is 1. The number of fused-ring (bicyclic) bond motifs is 3. The number of likely N-dealkylation sites (N-methyl/N-ethyl adjacent to an activating group) is 1. The minimum absolute atomic E-state index is 0.0313. The minimum atomic E-state index is -1.36. The molecule has 1 atom stereocenters. The predicted octanol–water partition coefficient (Wildman–Crippen LogP) is 2.86. The van der Waals surface area contributed by atoms with E-state index in [0.717, 1.165) is 54.7 Å². The summed E-state index contributed by atoms with van der Waals surface area (Å²) in [7, 11) is -1.36. The van der Waals surface area contributed by atoms with Crippen LogP contribution >= 0.6 is 0 Å². The van der Waals surface area contributed by atoms with Gasteiger partial charge in [0.25, 0.3) is 0 Å². The Morgan fingerprint density at radius 1 is 1.04 bits per heavy atom. The minimum Gasteiger partial charge on any atom is -0.456 e. The van der Waals surface area contributed by atoms with E-state index in [-0.39, 0.29) is 11.7 Å². The van der Waals surface area contributed by atoms with Crippen LogP contribution in [0.2, 0.25) is 0 Å². The third-order valence-corrected chi connectivity index (χ3v) is 6.33. The monoisotopic (exact) mass is 370 g/mol. The highest BCUT2D eigenvalue weighted by Gasteiger charge is 2.22. The van der Waals surface area contributed by atoms with Gasteiger partial charge in [0.2, 0.25) is 5.91 Å². The summed E-state index contributed by atoms with van der Waals surface area (Å²) in [5.41, 5.74) is 1.59. The van der Waals surface area contributed by atoms with Crippen molar-refractivity contribution in [3.05, 3.63) is 42.5 Å². The smallest absolute Gasteiger partial charge is 0.235 e. The van der Waals surface area contributed by atoms with Crippen molar-refractivity contribution in [2.24, 2.45) is 0 Å². The van der Waals surface area contributed by atoms with Crippen LogP contribution in [0.3, 0.4) is 0 Å². The average molecular weight is 370 g/mol. The standard InChI is InChI=1S/C20H22N2O3S/c1-2-21-9-11-22(12-10-21)20(23)14-26(24)15-7-8-19-17(13-15)16-5-3-4-6-18(16)25-19/h3-8,13H,2,9-12,14H2,1H3. The van der Waals surface area contributed by atoms with Gasteiger partial charge in [-0.3, -0.25) is 9.00 Å². The third kappa shape index (κ3) is 3.27. The molecule has 0 bridgehead atoms. The molecule has 0 aliphatic carbocycles. The molecule has 5 nitrogen and oxygen atoms in total. The van der Waals surface area contributed by atoms with Crippen molar-refractivity contribution in [2.75, 3.05) is 38.5 Å². The SMILES string of the molecule is CCN1CCN(C(=O)CS(=O)c2ccc3oc4ccccc4c3c2)CC1. The van der Waals surface area contributed by atoms with Gasteiger partial charge in [0, 0.05) is 41.8 Å². The topological polar surface area (TPSA) is 53.8 Å². The van der Waals surface area contributed by atoms with Gasteiger partial charge in [-0.1, -0.05) is 25.1 Å². The number of piperazine rings is 1. The van der Waals surface area contributed by atoms with Gasteiger partial charge >= 0.3 is 0 Å². The van der Waals surface area contributed by atoms with Gasteiger partial charge in [0.05, 0.1) is 10.8 Å². The molecule has 1 aliphatic heterocycles. The fraction of sp³-hybridized carbons (Fsp3) is 0.350. The Labute approximate surface area is 155 Å². The van der Waals surface area contributed by atoms with Crippen molar-refractivity contribution in [2.45, 2.75) is 11.8 Å².